The monoisotopic (exact) mass is 383 g/mol. The zero-order chi connectivity index (χ0) is 10.9. The van der Waals surface area contributed by atoms with Crippen LogP contribution in [0.1, 0.15) is 6.42 Å². The van der Waals surface area contributed by atoms with Gasteiger partial charge in [-0.1, -0.05) is 0 Å². The fourth-order valence-corrected chi connectivity index (χ4v) is 0.479. The molecule has 0 bridgehead atoms. The summed E-state index contributed by atoms with van der Waals surface area (Å²) in [4.78, 5) is 0. The Labute approximate surface area is 121 Å². The van der Waals surface area contributed by atoms with E-state index in [1.54, 1.807) is 0 Å². The molecule has 0 aromatic carbocycles. The normalized spacial score (nSPS) is 16.0. The molecular formula is C5H8EuF6O3. The summed E-state index contributed by atoms with van der Waals surface area (Å²) in [5.41, 5.74) is 0. The van der Waals surface area contributed by atoms with Crippen LogP contribution >= 0.6 is 0 Å². The topological polar surface area (TPSA) is 72.0 Å². The van der Waals surface area contributed by atoms with Gasteiger partial charge < -0.3 is 15.7 Å². The standard InChI is InChI=1S/C5H6F6O2.Eu.H2O/c6-4(7,8)2(12)1-3(13)5(9,10)11;;/h2-3,12-13H,1H2;;1H2. The Balaban J connectivity index is -0.000000720. The molecule has 10 heteroatoms. The number of hydrogen-bond donors (Lipinski definition) is 2. The molecule has 0 amide bonds. The number of aliphatic hydroxyl groups is 2. The molecule has 15 heavy (non-hydrogen) atoms. The van der Waals surface area contributed by atoms with E-state index in [9.17, 15) is 26.3 Å². The molecule has 0 aromatic rings. The van der Waals surface area contributed by atoms with Gasteiger partial charge in [0, 0.05) is 55.8 Å². The number of alkyl halides is 6. The summed E-state index contributed by atoms with van der Waals surface area (Å²) in [6, 6.07) is 0. The van der Waals surface area contributed by atoms with Gasteiger partial charge in [-0.25, -0.2) is 0 Å². The first kappa shape index (κ1) is 21.3. The molecule has 1 radical (unpaired) electrons. The summed E-state index contributed by atoms with van der Waals surface area (Å²) in [5.74, 6) is 0. The van der Waals surface area contributed by atoms with Crippen LogP contribution in [0.25, 0.3) is 0 Å². The Hall–Kier alpha value is 1.04. The molecule has 0 heterocycles. The van der Waals surface area contributed by atoms with Crippen molar-refractivity contribution in [1.29, 1.82) is 0 Å². The van der Waals surface area contributed by atoms with E-state index >= 15 is 0 Å². The van der Waals surface area contributed by atoms with Gasteiger partial charge in [0.05, 0.1) is 0 Å². The molecule has 0 aromatic heterocycles. The Morgan fingerprint density at radius 1 is 0.800 bits per heavy atom. The van der Waals surface area contributed by atoms with Crippen LogP contribution in [0, 0.1) is 49.4 Å². The first-order valence-electron chi connectivity index (χ1n) is 3.04. The molecule has 2 unspecified atom stereocenters. The van der Waals surface area contributed by atoms with Crippen molar-refractivity contribution in [3.63, 3.8) is 0 Å². The maximum absolute atomic E-state index is 11.5. The first-order valence-corrected chi connectivity index (χ1v) is 3.04. The molecule has 3 nitrogen and oxygen atoms in total. The SMILES string of the molecule is O.OC(CC(O)C(F)(F)F)C(F)(F)F.[Eu]. The van der Waals surface area contributed by atoms with Gasteiger partial charge in [0.1, 0.15) is 0 Å². The molecule has 2 atom stereocenters. The third-order valence-corrected chi connectivity index (χ3v) is 1.20. The molecule has 4 N–H and O–H groups in total. The van der Waals surface area contributed by atoms with Crippen molar-refractivity contribution in [2.24, 2.45) is 0 Å². The van der Waals surface area contributed by atoms with Gasteiger partial charge in [0.25, 0.3) is 0 Å². The summed E-state index contributed by atoms with van der Waals surface area (Å²) in [7, 11) is 0. The van der Waals surface area contributed by atoms with Crippen molar-refractivity contribution >= 4 is 0 Å². The Morgan fingerprint density at radius 3 is 1.13 bits per heavy atom. The van der Waals surface area contributed by atoms with Crippen molar-refractivity contribution in [3.8, 4) is 0 Å². The summed E-state index contributed by atoms with van der Waals surface area (Å²) in [5, 5.41) is 16.3. The fourth-order valence-electron chi connectivity index (χ4n) is 0.479. The molecule has 0 aliphatic rings. The molecule has 0 saturated heterocycles. The molecule has 0 aliphatic heterocycles. The van der Waals surface area contributed by atoms with Crippen molar-refractivity contribution in [2.45, 2.75) is 31.0 Å². The minimum absolute atomic E-state index is 0. The van der Waals surface area contributed by atoms with Gasteiger partial charge in [-0.2, -0.15) is 26.3 Å². The Morgan fingerprint density at radius 2 is 1.00 bits per heavy atom. The van der Waals surface area contributed by atoms with Crippen LogP contribution in [-0.4, -0.2) is 40.2 Å². The zero-order valence-corrected chi connectivity index (χ0v) is 9.33. The number of halogens is 6. The minimum atomic E-state index is -5.15. The molecule has 0 spiro atoms. The van der Waals surface area contributed by atoms with Crippen molar-refractivity contribution in [1.82, 2.24) is 0 Å². The van der Waals surface area contributed by atoms with Gasteiger partial charge in [-0.3, -0.25) is 0 Å². The molecule has 95 valence electrons. The van der Waals surface area contributed by atoms with E-state index in [0.29, 0.717) is 0 Å². The van der Waals surface area contributed by atoms with Gasteiger partial charge in [0.15, 0.2) is 12.2 Å². The second-order valence-electron chi connectivity index (χ2n) is 2.35. The third kappa shape index (κ3) is 8.81. The summed E-state index contributed by atoms with van der Waals surface area (Å²) >= 11 is 0. The van der Waals surface area contributed by atoms with E-state index in [-0.39, 0.29) is 54.9 Å². The summed E-state index contributed by atoms with van der Waals surface area (Å²) < 4.78 is 68.8. The Kier molecular flexibility index (Phi) is 10.5. The summed E-state index contributed by atoms with van der Waals surface area (Å²) in [6.07, 6.45) is -18.4. The van der Waals surface area contributed by atoms with Gasteiger partial charge in [-0.05, 0) is 0 Å². The van der Waals surface area contributed by atoms with Crippen LogP contribution in [0.5, 0.6) is 0 Å². The smallest absolute Gasteiger partial charge is 0.412 e. The minimum Gasteiger partial charge on any atom is -0.412 e. The second kappa shape index (κ2) is 7.39. The molecular weight excluding hydrogens is 374 g/mol. The fraction of sp³-hybridized carbons (Fsp3) is 1.00. The molecule has 0 saturated carbocycles. The number of rotatable bonds is 2. The predicted octanol–water partition coefficient (Wildman–Crippen LogP) is 0.398. The van der Waals surface area contributed by atoms with Crippen molar-refractivity contribution in [3.05, 3.63) is 0 Å². The van der Waals surface area contributed by atoms with E-state index in [0.717, 1.165) is 0 Å². The van der Waals surface area contributed by atoms with Crippen molar-refractivity contribution < 1.29 is 91.4 Å². The van der Waals surface area contributed by atoms with Crippen LogP contribution < -0.4 is 0 Å². The van der Waals surface area contributed by atoms with E-state index < -0.39 is 31.0 Å². The Bertz CT molecular complexity index is 151. The van der Waals surface area contributed by atoms with Gasteiger partial charge >= 0.3 is 12.4 Å². The van der Waals surface area contributed by atoms with E-state index in [1.807, 2.05) is 0 Å². The zero-order valence-electron chi connectivity index (χ0n) is 6.90. The van der Waals surface area contributed by atoms with Gasteiger partial charge in [-0.15, -0.1) is 0 Å². The first-order chi connectivity index (χ1) is 5.55. The number of hydrogen-bond acceptors (Lipinski definition) is 2. The quantitative estimate of drug-likeness (QED) is 0.679. The van der Waals surface area contributed by atoms with E-state index in [4.69, 9.17) is 10.2 Å². The third-order valence-electron chi connectivity index (χ3n) is 1.20. The largest absolute Gasteiger partial charge is 0.414 e. The average molecular weight is 382 g/mol. The van der Waals surface area contributed by atoms with E-state index in [1.165, 1.54) is 0 Å². The molecule has 0 rings (SSSR count). The average Bonchev–Trinajstić information content (AvgIpc) is 1.82. The maximum atomic E-state index is 11.5. The van der Waals surface area contributed by atoms with Gasteiger partial charge in [0.2, 0.25) is 0 Å². The predicted molar refractivity (Wildman–Crippen MR) is 32.4 cm³/mol. The molecule has 0 aliphatic carbocycles. The van der Waals surface area contributed by atoms with Crippen LogP contribution in [0.15, 0.2) is 0 Å². The van der Waals surface area contributed by atoms with E-state index in [2.05, 4.69) is 0 Å². The van der Waals surface area contributed by atoms with Crippen LogP contribution in [0.2, 0.25) is 0 Å². The van der Waals surface area contributed by atoms with Crippen LogP contribution in [0.3, 0.4) is 0 Å². The van der Waals surface area contributed by atoms with Crippen LogP contribution in [-0.2, 0) is 0 Å². The van der Waals surface area contributed by atoms with Crippen LogP contribution in [0.4, 0.5) is 26.3 Å². The molecule has 0 fully saturated rings. The second-order valence-corrected chi connectivity index (χ2v) is 2.35. The van der Waals surface area contributed by atoms with Crippen molar-refractivity contribution in [2.75, 3.05) is 0 Å². The number of aliphatic hydroxyl groups excluding tert-OH is 2. The maximum Gasteiger partial charge on any atom is 0.414 e. The summed E-state index contributed by atoms with van der Waals surface area (Å²) in [6.45, 7) is 0.